The average molecular weight is 280 g/mol. The molecule has 0 fully saturated rings. The molecule has 0 unspecified atom stereocenters. The second-order valence-corrected chi connectivity index (χ2v) is 4.96. The number of methoxy groups -OCH3 is 2. The van der Waals surface area contributed by atoms with E-state index in [1.807, 2.05) is 0 Å². The monoisotopic (exact) mass is 278 g/mol. The minimum Gasteiger partial charge on any atom is -1.00 e. The Bertz CT molecular complexity index is 292. The van der Waals surface area contributed by atoms with Crippen molar-refractivity contribution in [3.63, 3.8) is 0 Å². The zero-order chi connectivity index (χ0) is 10.4. The van der Waals surface area contributed by atoms with E-state index in [4.69, 9.17) is 9.47 Å². The van der Waals surface area contributed by atoms with Gasteiger partial charge < -0.3 is 12.4 Å². The van der Waals surface area contributed by atoms with Gasteiger partial charge in [-0.25, -0.2) is 0 Å². The molecule has 80 valence electrons. The first kappa shape index (κ1) is 14.9. The van der Waals surface area contributed by atoms with Gasteiger partial charge in [-0.1, -0.05) is 0 Å². The molecule has 0 heterocycles. The van der Waals surface area contributed by atoms with Gasteiger partial charge in [-0.3, -0.25) is 0 Å². The van der Waals surface area contributed by atoms with E-state index in [0.717, 1.165) is 25.2 Å². The maximum absolute atomic E-state index is 5.30. The number of ether oxygens (including phenoxy) is 2. The van der Waals surface area contributed by atoms with E-state index in [1.54, 1.807) is 14.2 Å². The standard InChI is InChI=1S/C11H15O2.ClH.Zn/c1-12-9-5-7-10-6-3-4-8-11(10)13-2;;/h4,6,8H,5,7,9H2,1-2H3;1H;/q;;+1/p-1. The van der Waals surface area contributed by atoms with Gasteiger partial charge in [0.25, 0.3) is 0 Å². The quantitative estimate of drug-likeness (QED) is 0.480. The molecule has 0 aromatic heterocycles. The zero-order valence-corrected chi connectivity index (χ0v) is 13.0. The van der Waals surface area contributed by atoms with E-state index >= 15 is 0 Å². The maximum atomic E-state index is 5.30. The molecule has 15 heavy (non-hydrogen) atoms. The number of aryl methyl sites for hydroxylation is 1. The van der Waals surface area contributed by atoms with E-state index in [2.05, 4.69) is 18.2 Å². The summed E-state index contributed by atoms with van der Waals surface area (Å²) < 4.78 is 11.7. The Hall–Kier alpha value is -0.107. The third-order valence-electron chi connectivity index (χ3n) is 2.14. The molecule has 1 rings (SSSR count). The topological polar surface area (TPSA) is 18.5 Å². The Kier molecular flexibility index (Phi) is 8.04. The van der Waals surface area contributed by atoms with Gasteiger partial charge in [-0.15, -0.1) is 0 Å². The van der Waals surface area contributed by atoms with Crippen LogP contribution in [0.4, 0.5) is 0 Å². The first-order chi connectivity index (χ1) is 6.77. The zero-order valence-electron chi connectivity index (χ0n) is 9.25. The van der Waals surface area contributed by atoms with Crippen LogP contribution in [0.25, 0.3) is 0 Å². The summed E-state index contributed by atoms with van der Waals surface area (Å²) in [6.07, 6.45) is 2.08. The molecule has 0 atom stereocenters. The van der Waals surface area contributed by atoms with Crippen LogP contribution in [0, 0.1) is 0 Å². The summed E-state index contributed by atoms with van der Waals surface area (Å²) in [7, 11) is 3.46. The molecule has 1 aromatic rings. The molecule has 0 bridgehead atoms. The largest absolute Gasteiger partial charge is 1.00 e. The van der Waals surface area contributed by atoms with Crippen LogP contribution < -0.4 is 21.3 Å². The van der Waals surface area contributed by atoms with Crippen molar-refractivity contribution in [1.82, 2.24) is 0 Å². The summed E-state index contributed by atoms with van der Waals surface area (Å²) in [5.41, 5.74) is 1.30. The van der Waals surface area contributed by atoms with Crippen molar-refractivity contribution < 1.29 is 40.2 Å². The molecule has 4 heteroatoms. The van der Waals surface area contributed by atoms with Gasteiger partial charge in [0.15, 0.2) is 0 Å². The average Bonchev–Trinajstić information content (AvgIpc) is 2.19. The van der Waals surface area contributed by atoms with Gasteiger partial charge >= 0.3 is 95.1 Å². The summed E-state index contributed by atoms with van der Waals surface area (Å²) in [5, 5.41) is 0. The van der Waals surface area contributed by atoms with Gasteiger partial charge in [0, 0.05) is 0 Å². The van der Waals surface area contributed by atoms with E-state index in [-0.39, 0.29) is 12.4 Å². The van der Waals surface area contributed by atoms with Crippen molar-refractivity contribution in [2.75, 3.05) is 20.8 Å². The van der Waals surface area contributed by atoms with Crippen LogP contribution >= 0.6 is 0 Å². The molecule has 0 spiro atoms. The van der Waals surface area contributed by atoms with E-state index < -0.39 is 0 Å². The molecule has 0 aliphatic heterocycles. The predicted molar refractivity (Wildman–Crippen MR) is 52.8 cm³/mol. The minimum atomic E-state index is 0. The Morgan fingerprint density at radius 1 is 1.27 bits per heavy atom. The molecular formula is C11H15ClO2Zn. The Morgan fingerprint density at radius 3 is 2.60 bits per heavy atom. The summed E-state index contributed by atoms with van der Waals surface area (Å²) >= 11 is 1.20. The van der Waals surface area contributed by atoms with Gasteiger partial charge in [0.2, 0.25) is 0 Å². The summed E-state index contributed by atoms with van der Waals surface area (Å²) in [5.74, 6) is 0.998. The first-order valence-corrected chi connectivity index (χ1v) is 6.24. The summed E-state index contributed by atoms with van der Waals surface area (Å²) in [6, 6.07) is 6.41. The van der Waals surface area contributed by atoms with Gasteiger partial charge in [0.05, 0.1) is 0 Å². The number of hydrogen-bond donors (Lipinski definition) is 0. The molecule has 0 aliphatic carbocycles. The third-order valence-corrected chi connectivity index (χ3v) is 3.06. The molecule has 0 amide bonds. The van der Waals surface area contributed by atoms with Crippen LogP contribution in [0.2, 0.25) is 0 Å². The van der Waals surface area contributed by atoms with Crippen molar-refractivity contribution in [1.29, 1.82) is 0 Å². The molecule has 1 aromatic carbocycles. The van der Waals surface area contributed by atoms with Crippen LogP contribution in [0.5, 0.6) is 5.75 Å². The van der Waals surface area contributed by atoms with Crippen molar-refractivity contribution in [2.24, 2.45) is 0 Å². The molecule has 0 saturated carbocycles. The van der Waals surface area contributed by atoms with Crippen molar-refractivity contribution in [2.45, 2.75) is 12.8 Å². The fourth-order valence-electron chi connectivity index (χ4n) is 1.43. The number of hydrogen-bond acceptors (Lipinski definition) is 2. The molecular weight excluding hydrogens is 265 g/mol. The van der Waals surface area contributed by atoms with Crippen LogP contribution in [-0.4, -0.2) is 20.8 Å². The Morgan fingerprint density at radius 2 is 2.00 bits per heavy atom. The van der Waals surface area contributed by atoms with Crippen molar-refractivity contribution >= 4 is 4.16 Å². The van der Waals surface area contributed by atoms with Crippen LogP contribution in [0.3, 0.4) is 0 Å². The van der Waals surface area contributed by atoms with Gasteiger partial charge in [0.1, 0.15) is 0 Å². The van der Waals surface area contributed by atoms with Crippen LogP contribution in [-0.2, 0) is 29.5 Å². The van der Waals surface area contributed by atoms with Crippen LogP contribution in [0.15, 0.2) is 18.2 Å². The maximum Gasteiger partial charge on any atom is -1.00 e. The Labute approximate surface area is 107 Å². The molecule has 0 aliphatic rings. The summed E-state index contributed by atoms with van der Waals surface area (Å²) in [6.45, 7) is 0.813. The van der Waals surface area contributed by atoms with Gasteiger partial charge in [-0.2, -0.15) is 0 Å². The van der Waals surface area contributed by atoms with E-state index in [1.165, 1.54) is 28.0 Å². The molecule has 0 saturated heterocycles. The molecule has 2 nitrogen and oxygen atoms in total. The van der Waals surface area contributed by atoms with E-state index in [0.29, 0.717) is 0 Å². The number of rotatable bonds is 5. The van der Waals surface area contributed by atoms with Crippen molar-refractivity contribution in [3.05, 3.63) is 23.8 Å². The number of halogens is 1. The smallest absolute Gasteiger partial charge is 1.00 e. The SMILES string of the molecule is COCCCc1c[c]([Zn+])ccc1OC.[Cl-]. The summed E-state index contributed by atoms with van der Waals surface area (Å²) in [4.78, 5) is 0. The second-order valence-electron chi connectivity index (χ2n) is 3.24. The third kappa shape index (κ3) is 4.97. The van der Waals surface area contributed by atoms with Crippen LogP contribution in [0.1, 0.15) is 12.0 Å². The normalized spacial score (nSPS) is 9.60. The predicted octanol–water partition coefficient (Wildman–Crippen LogP) is -1.55. The number of benzene rings is 1. The molecule has 0 N–H and O–H groups in total. The fourth-order valence-corrected chi connectivity index (χ4v) is 2.20. The van der Waals surface area contributed by atoms with Crippen molar-refractivity contribution in [3.8, 4) is 5.75 Å². The first-order valence-electron chi connectivity index (χ1n) is 4.75. The fraction of sp³-hybridized carbons (Fsp3) is 0.455. The Balaban J connectivity index is 0.00000196. The van der Waals surface area contributed by atoms with Gasteiger partial charge in [-0.05, 0) is 0 Å². The second kappa shape index (κ2) is 8.09. The van der Waals surface area contributed by atoms with E-state index in [9.17, 15) is 0 Å². The molecule has 0 radical (unpaired) electrons. The minimum absolute atomic E-state index is 0.